The van der Waals surface area contributed by atoms with Crippen molar-refractivity contribution >= 4 is 16.7 Å². The lowest BCUT2D eigenvalue weighted by atomic mass is 9.90. The van der Waals surface area contributed by atoms with Crippen molar-refractivity contribution in [3.05, 3.63) is 30.1 Å². The molecule has 0 radical (unpaired) electrons. The molecule has 0 saturated heterocycles. The number of nitriles is 1. The number of hydrogen-bond donors (Lipinski definition) is 1. The molecule has 5 nitrogen and oxygen atoms in total. The van der Waals surface area contributed by atoms with Crippen molar-refractivity contribution in [2.45, 2.75) is 44.2 Å². The van der Waals surface area contributed by atoms with Gasteiger partial charge in [0.25, 0.3) is 0 Å². The number of aromatic nitrogens is 2. The van der Waals surface area contributed by atoms with Crippen molar-refractivity contribution in [1.82, 2.24) is 14.9 Å². The summed E-state index contributed by atoms with van der Waals surface area (Å²) in [6.07, 6.45) is 6.78. The van der Waals surface area contributed by atoms with Gasteiger partial charge in [-0.25, -0.2) is 9.97 Å². The number of rotatable bonds is 4. The zero-order valence-corrected chi connectivity index (χ0v) is 13.8. The van der Waals surface area contributed by atoms with Gasteiger partial charge in [-0.15, -0.1) is 0 Å². The molecule has 5 heteroatoms. The highest BCUT2D eigenvalue weighted by atomic mass is 15.1. The van der Waals surface area contributed by atoms with E-state index >= 15 is 0 Å². The fourth-order valence-electron chi connectivity index (χ4n) is 3.35. The summed E-state index contributed by atoms with van der Waals surface area (Å²) in [4.78, 5) is 11.1. The first kappa shape index (κ1) is 15.7. The highest BCUT2D eigenvalue weighted by Gasteiger charge is 2.23. The largest absolute Gasteiger partial charge is 0.367 e. The normalized spacial score (nSPS) is 21.3. The van der Waals surface area contributed by atoms with Crippen LogP contribution in [0.1, 0.15) is 31.2 Å². The standard InChI is InChI=1S/C18H23N5/c1-23(2)15-6-4-14(5-7-15)22-18-16-11-13(9-10-19)3-8-17(16)20-12-21-18/h3,8,11-12,14-15H,4-7,9H2,1-2H3,(H,20,21,22). The Morgan fingerprint density at radius 3 is 2.70 bits per heavy atom. The van der Waals surface area contributed by atoms with Gasteiger partial charge >= 0.3 is 0 Å². The van der Waals surface area contributed by atoms with Crippen LogP contribution < -0.4 is 5.32 Å². The molecule has 120 valence electrons. The van der Waals surface area contributed by atoms with E-state index < -0.39 is 0 Å². The molecule has 3 rings (SSSR count). The van der Waals surface area contributed by atoms with E-state index in [9.17, 15) is 0 Å². The summed E-state index contributed by atoms with van der Waals surface area (Å²) in [5.74, 6) is 0.892. The number of fused-ring (bicyclic) bond motifs is 1. The lowest BCUT2D eigenvalue weighted by Gasteiger charge is -2.33. The Morgan fingerprint density at radius 1 is 1.22 bits per heavy atom. The molecule has 0 atom stereocenters. The Balaban J connectivity index is 1.78. The summed E-state index contributed by atoms with van der Waals surface area (Å²) in [6.45, 7) is 0. The molecular weight excluding hydrogens is 286 g/mol. The van der Waals surface area contributed by atoms with Crippen molar-refractivity contribution < 1.29 is 0 Å². The zero-order chi connectivity index (χ0) is 16.2. The molecule has 23 heavy (non-hydrogen) atoms. The van der Waals surface area contributed by atoms with E-state index in [1.807, 2.05) is 18.2 Å². The van der Waals surface area contributed by atoms with Gasteiger partial charge < -0.3 is 10.2 Å². The van der Waals surface area contributed by atoms with Gasteiger partial charge in [0.1, 0.15) is 12.1 Å². The highest BCUT2D eigenvalue weighted by molar-refractivity contribution is 5.89. The van der Waals surface area contributed by atoms with Crippen LogP contribution >= 0.6 is 0 Å². The van der Waals surface area contributed by atoms with E-state index in [-0.39, 0.29) is 0 Å². The van der Waals surface area contributed by atoms with Crippen LogP contribution in [-0.2, 0) is 6.42 Å². The monoisotopic (exact) mass is 309 g/mol. The van der Waals surface area contributed by atoms with Gasteiger partial charge in [0, 0.05) is 17.5 Å². The minimum Gasteiger partial charge on any atom is -0.367 e. The first-order chi connectivity index (χ1) is 11.2. The van der Waals surface area contributed by atoms with E-state index in [1.165, 1.54) is 12.8 Å². The molecule has 1 aromatic carbocycles. The molecule has 1 aliphatic carbocycles. The third kappa shape index (κ3) is 3.59. The molecule has 2 aromatic rings. The first-order valence-electron chi connectivity index (χ1n) is 8.21. The summed E-state index contributed by atoms with van der Waals surface area (Å²) in [5, 5.41) is 13.5. The SMILES string of the molecule is CN(C)C1CCC(Nc2ncnc3ccc(CC#N)cc23)CC1. The third-order valence-electron chi connectivity index (χ3n) is 4.75. The van der Waals surface area contributed by atoms with E-state index in [0.29, 0.717) is 18.5 Å². The maximum atomic E-state index is 8.89. The van der Waals surface area contributed by atoms with Gasteiger partial charge in [0.15, 0.2) is 0 Å². The molecule has 0 unspecified atom stereocenters. The van der Waals surface area contributed by atoms with Crippen molar-refractivity contribution in [3.63, 3.8) is 0 Å². The molecule has 0 aliphatic heterocycles. The second kappa shape index (κ2) is 6.93. The molecule has 1 aromatic heterocycles. The van der Waals surface area contributed by atoms with Crippen LogP contribution in [0, 0.1) is 11.3 Å². The maximum Gasteiger partial charge on any atom is 0.137 e. The molecule has 0 bridgehead atoms. The average molecular weight is 309 g/mol. The molecule has 0 spiro atoms. The second-order valence-corrected chi connectivity index (χ2v) is 6.52. The molecule has 1 saturated carbocycles. The molecule has 1 fully saturated rings. The predicted octanol–water partition coefficient (Wildman–Crippen LogP) is 2.98. The summed E-state index contributed by atoms with van der Waals surface area (Å²) in [6, 6.07) is 9.32. The fourth-order valence-corrected chi connectivity index (χ4v) is 3.35. The van der Waals surface area contributed by atoms with Crippen molar-refractivity contribution in [2.24, 2.45) is 0 Å². The smallest absolute Gasteiger partial charge is 0.137 e. The molecule has 1 aliphatic rings. The number of hydrogen-bond acceptors (Lipinski definition) is 5. The van der Waals surface area contributed by atoms with Crippen molar-refractivity contribution in [2.75, 3.05) is 19.4 Å². The topological polar surface area (TPSA) is 64.8 Å². The number of nitrogens with one attached hydrogen (secondary N) is 1. The van der Waals surface area contributed by atoms with Crippen LogP contribution in [0.3, 0.4) is 0 Å². The van der Waals surface area contributed by atoms with E-state index in [2.05, 4.69) is 40.3 Å². The lowest BCUT2D eigenvalue weighted by molar-refractivity contribution is 0.221. The summed E-state index contributed by atoms with van der Waals surface area (Å²) < 4.78 is 0. The van der Waals surface area contributed by atoms with Crippen LogP contribution in [0.5, 0.6) is 0 Å². The fraction of sp³-hybridized carbons (Fsp3) is 0.500. The Hall–Kier alpha value is -2.19. The minimum absolute atomic E-state index is 0.415. The Bertz CT molecular complexity index is 711. The van der Waals surface area contributed by atoms with Gasteiger partial charge in [-0.05, 0) is 57.5 Å². The number of nitrogens with zero attached hydrogens (tertiary/aromatic N) is 4. The molecule has 0 amide bonds. The van der Waals surface area contributed by atoms with Crippen LogP contribution in [0.2, 0.25) is 0 Å². The van der Waals surface area contributed by atoms with Crippen LogP contribution in [-0.4, -0.2) is 41.0 Å². The van der Waals surface area contributed by atoms with Gasteiger partial charge in [0.2, 0.25) is 0 Å². The summed E-state index contributed by atoms with van der Waals surface area (Å²) in [5.41, 5.74) is 1.93. The molecule has 1 N–H and O–H groups in total. The van der Waals surface area contributed by atoms with Gasteiger partial charge in [0.05, 0.1) is 18.0 Å². The first-order valence-corrected chi connectivity index (χ1v) is 8.21. The van der Waals surface area contributed by atoms with Gasteiger partial charge in [-0.1, -0.05) is 6.07 Å². The minimum atomic E-state index is 0.415. The molecule has 1 heterocycles. The van der Waals surface area contributed by atoms with Crippen LogP contribution in [0.15, 0.2) is 24.5 Å². The van der Waals surface area contributed by atoms with Gasteiger partial charge in [-0.3, -0.25) is 0 Å². The quantitative estimate of drug-likeness (QED) is 0.940. The predicted molar refractivity (Wildman–Crippen MR) is 92.2 cm³/mol. The van der Waals surface area contributed by atoms with E-state index in [0.717, 1.165) is 35.1 Å². The van der Waals surface area contributed by atoms with E-state index in [4.69, 9.17) is 5.26 Å². The summed E-state index contributed by atoms with van der Waals surface area (Å²) >= 11 is 0. The Labute approximate surface area is 137 Å². The van der Waals surface area contributed by atoms with Crippen molar-refractivity contribution in [1.29, 1.82) is 5.26 Å². The van der Waals surface area contributed by atoms with Crippen LogP contribution in [0.25, 0.3) is 10.9 Å². The van der Waals surface area contributed by atoms with Crippen LogP contribution in [0.4, 0.5) is 5.82 Å². The maximum absolute atomic E-state index is 8.89. The second-order valence-electron chi connectivity index (χ2n) is 6.52. The van der Waals surface area contributed by atoms with E-state index in [1.54, 1.807) is 6.33 Å². The lowest BCUT2D eigenvalue weighted by Crippen LogP contribution is -2.36. The Morgan fingerprint density at radius 2 is 2.00 bits per heavy atom. The Kier molecular flexibility index (Phi) is 4.73. The highest BCUT2D eigenvalue weighted by Crippen LogP contribution is 2.27. The number of benzene rings is 1. The number of anilines is 1. The van der Waals surface area contributed by atoms with Gasteiger partial charge in [-0.2, -0.15) is 5.26 Å². The summed E-state index contributed by atoms with van der Waals surface area (Å²) in [7, 11) is 4.32. The average Bonchev–Trinajstić information content (AvgIpc) is 2.56. The van der Waals surface area contributed by atoms with Crippen molar-refractivity contribution in [3.8, 4) is 6.07 Å². The zero-order valence-electron chi connectivity index (χ0n) is 13.8. The molecular formula is C18H23N5. The third-order valence-corrected chi connectivity index (χ3v) is 4.75.